The Bertz CT molecular complexity index is 498. The quantitative estimate of drug-likeness (QED) is 0.744. The van der Waals surface area contributed by atoms with E-state index in [9.17, 15) is 4.79 Å². The standard InChI is InChI=1S/C18H28N2O4/c1-3-20(14-18(21)22)15-8-10-19(11-9-15)12-13-24-17-6-4-16(23-2)5-7-17/h4-7,15H,3,8-14H2,1-2H3,(H,21,22). The Morgan fingerprint density at radius 3 is 2.42 bits per heavy atom. The molecule has 134 valence electrons. The van der Waals surface area contributed by atoms with Crippen molar-refractivity contribution in [1.29, 1.82) is 0 Å². The molecular formula is C18H28N2O4. The molecule has 0 unspecified atom stereocenters. The Labute approximate surface area is 144 Å². The number of methoxy groups -OCH3 is 1. The Morgan fingerprint density at radius 1 is 1.25 bits per heavy atom. The normalized spacial score (nSPS) is 16.3. The van der Waals surface area contributed by atoms with Crippen LogP contribution in [0.25, 0.3) is 0 Å². The van der Waals surface area contributed by atoms with Gasteiger partial charge in [0.15, 0.2) is 0 Å². The summed E-state index contributed by atoms with van der Waals surface area (Å²) in [5, 5.41) is 8.98. The Kier molecular flexibility index (Phi) is 7.34. The van der Waals surface area contributed by atoms with E-state index in [1.54, 1.807) is 7.11 Å². The number of rotatable bonds is 9. The molecule has 6 nitrogen and oxygen atoms in total. The number of nitrogens with zero attached hydrogens (tertiary/aromatic N) is 2. The number of aliphatic carboxylic acids is 1. The lowest BCUT2D eigenvalue weighted by Crippen LogP contribution is -2.47. The number of benzene rings is 1. The molecule has 0 atom stereocenters. The SMILES string of the molecule is CCN(CC(=O)O)C1CCN(CCOc2ccc(OC)cc2)CC1. The number of ether oxygens (including phenoxy) is 2. The predicted molar refractivity (Wildman–Crippen MR) is 92.8 cm³/mol. The first kappa shape index (κ1) is 18.5. The van der Waals surface area contributed by atoms with Crippen LogP contribution in [0.15, 0.2) is 24.3 Å². The van der Waals surface area contributed by atoms with Crippen LogP contribution in [-0.2, 0) is 4.79 Å². The van der Waals surface area contributed by atoms with Gasteiger partial charge in [-0.15, -0.1) is 0 Å². The molecule has 24 heavy (non-hydrogen) atoms. The largest absolute Gasteiger partial charge is 0.497 e. The number of carboxylic acids is 1. The summed E-state index contributed by atoms with van der Waals surface area (Å²) in [6, 6.07) is 7.99. The van der Waals surface area contributed by atoms with Gasteiger partial charge in [-0.3, -0.25) is 14.6 Å². The summed E-state index contributed by atoms with van der Waals surface area (Å²) in [5.74, 6) is 0.933. The molecule has 2 rings (SSSR count). The molecule has 1 saturated heterocycles. The van der Waals surface area contributed by atoms with Crippen LogP contribution in [-0.4, -0.2) is 73.4 Å². The fraction of sp³-hybridized carbons (Fsp3) is 0.611. The molecule has 1 aliphatic heterocycles. The highest BCUT2D eigenvalue weighted by molar-refractivity contribution is 5.69. The second kappa shape index (κ2) is 9.49. The van der Waals surface area contributed by atoms with E-state index in [0.29, 0.717) is 12.6 Å². The molecule has 0 saturated carbocycles. The zero-order valence-corrected chi connectivity index (χ0v) is 14.6. The molecule has 0 aromatic heterocycles. The average Bonchev–Trinajstić information content (AvgIpc) is 2.61. The van der Waals surface area contributed by atoms with E-state index in [0.717, 1.165) is 50.5 Å². The van der Waals surface area contributed by atoms with Crippen LogP contribution >= 0.6 is 0 Å². The van der Waals surface area contributed by atoms with E-state index in [4.69, 9.17) is 14.6 Å². The van der Waals surface area contributed by atoms with Gasteiger partial charge >= 0.3 is 5.97 Å². The van der Waals surface area contributed by atoms with Gasteiger partial charge in [-0.25, -0.2) is 0 Å². The second-order valence-electron chi connectivity index (χ2n) is 6.05. The summed E-state index contributed by atoms with van der Waals surface area (Å²) in [6.45, 7) is 6.49. The topological polar surface area (TPSA) is 62.2 Å². The van der Waals surface area contributed by atoms with Crippen LogP contribution < -0.4 is 9.47 Å². The number of likely N-dealkylation sites (tertiary alicyclic amines) is 1. The minimum Gasteiger partial charge on any atom is -0.497 e. The number of piperidine rings is 1. The highest BCUT2D eigenvalue weighted by Crippen LogP contribution is 2.18. The maximum Gasteiger partial charge on any atom is 0.317 e. The minimum atomic E-state index is -0.743. The van der Waals surface area contributed by atoms with E-state index in [1.807, 2.05) is 31.2 Å². The lowest BCUT2D eigenvalue weighted by Gasteiger charge is -2.37. The van der Waals surface area contributed by atoms with Gasteiger partial charge in [-0.2, -0.15) is 0 Å². The van der Waals surface area contributed by atoms with Gasteiger partial charge in [0.25, 0.3) is 0 Å². The fourth-order valence-corrected chi connectivity index (χ4v) is 3.15. The number of carboxylic acid groups (broad SMARTS) is 1. The van der Waals surface area contributed by atoms with Crippen molar-refractivity contribution in [1.82, 2.24) is 9.80 Å². The van der Waals surface area contributed by atoms with Crippen molar-refractivity contribution in [2.45, 2.75) is 25.8 Å². The molecular weight excluding hydrogens is 308 g/mol. The van der Waals surface area contributed by atoms with Gasteiger partial charge < -0.3 is 14.6 Å². The molecule has 1 aromatic rings. The van der Waals surface area contributed by atoms with Crippen LogP contribution in [0.2, 0.25) is 0 Å². The van der Waals surface area contributed by atoms with Crippen molar-refractivity contribution in [2.24, 2.45) is 0 Å². The van der Waals surface area contributed by atoms with Gasteiger partial charge in [-0.1, -0.05) is 6.92 Å². The van der Waals surface area contributed by atoms with E-state index in [2.05, 4.69) is 9.80 Å². The summed E-state index contributed by atoms with van der Waals surface area (Å²) in [5.41, 5.74) is 0. The van der Waals surface area contributed by atoms with Crippen molar-refractivity contribution in [3.63, 3.8) is 0 Å². The monoisotopic (exact) mass is 336 g/mol. The van der Waals surface area contributed by atoms with Crippen molar-refractivity contribution >= 4 is 5.97 Å². The lowest BCUT2D eigenvalue weighted by molar-refractivity contribution is -0.139. The summed E-state index contributed by atoms with van der Waals surface area (Å²) in [6.07, 6.45) is 2.04. The molecule has 1 aromatic carbocycles. The maximum absolute atomic E-state index is 10.9. The third kappa shape index (κ3) is 5.69. The lowest BCUT2D eigenvalue weighted by atomic mass is 10.0. The molecule has 1 N–H and O–H groups in total. The first-order valence-electron chi connectivity index (χ1n) is 8.57. The highest BCUT2D eigenvalue weighted by Gasteiger charge is 2.24. The molecule has 0 amide bonds. The van der Waals surface area contributed by atoms with Crippen LogP contribution in [0.1, 0.15) is 19.8 Å². The van der Waals surface area contributed by atoms with Crippen LogP contribution in [0.3, 0.4) is 0 Å². The fourth-order valence-electron chi connectivity index (χ4n) is 3.15. The first-order valence-corrected chi connectivity index (χ1v) is 8.57. The third-order valence-corrected chi connectivity index (χ3v) is 4.55. The highest BCUT2D eigenvalue weighted by atomic mass is 16.5. The van der Waals surface area contributed by atoms with Gasteiger partial charge in [0.05, 0.1) is 13.7 Å². The zero-order chi connectivity index (χ0) is 17.4. The molecule has 1 fully saturated rings. The summed E-state index contributed by atoms with van der Waals surface area (Å²) in [7, 11) is 1.65. The van der Waals surface area contributed by atoms with Gasteiger partial charge in [0.2, 0.25) is 0 Å². The van der Waals surface area contributed by atoms with Crippen molar-refractivity contribution in [2.75, 3.05) is 46.4 Å². The van der Waals surface area contributed by atoms with Crippen molar-refractivity contribution in [3.8, 4) is 11.5 Å². The number of hydrogen-bond donors (Lipinski definition) is 1. The minimum absolute atomic E-state index is 0.141. The third-order valence-electron chi connectivity index (χ3n) is 4.55. The number of carbonyl (C=O) groups is 1. The van der Waals surface area contributed by atoms with E-state index in [1.165, 1.54) is 0 Å². The van der Waals surface area contributed by atoms with Crippen LogP contribution in [0, 0.1) is 0 Å². The second-order valence-corrected chi connectivity index (χ2v) is 6.05. The van der Waals surface area contributed by atoms with E-state index in [-0.39, 0.29) is 6.54 Å². The maximum atomic E-state index is 10.9. The van der Waals surface area contributed by atoms with Gasteiger partial charge in [-0.05, 0) is 56.7 Å². The number of likely N-dealkylation sites (N-methyl/N-ethyl adjacent to an activating group) is 1. The molecule has 0 radical (unpaired) electrons. The molecule has 1 heterocycles. The molecule has 1 aliphatic rings. The Morgan fingerprint density at radius 2 is 1.88 bits per heavy atom. The Hall–Kier alpha value is -1.79. The van der Waals surface area contributed by atoms with Crippen LogP contribution in [0.5, 0.6) is 11.5 Å². The molecule has 0 spiro atoms. The average molecular weight is 336 g/mol. The number of hydrogen-bond acceptors (Lipinski definition) is 5. The molecule has 0 aliphatic carbocycles. The predicted octanol–water partition coefficient (Wildman–Crippen LogP) is 1.94. The summed E-state index contributed by atoms with van der Waals surface area (Å²) in [4.78, 5) is 15.4. The van der Waals surface area contributed by atoms with Crippen molar-refractivity contribution in [3.05, 3.63) is 24.3 Å². The van der Waals surface area contributed by atoms with Crippen molar-refractivity contribution < 1.29 is 19.4 Å². The van der Waals surface area contributed by atoms with Gasteiger partial charge in [0, 0.05) is 12.6 Å². The van der Waals surface area contributed by atoms with Crippen LogP contribution in [0.4, 0.5) is 0 Å². The smallest absolute Gasteiger partial charge is 0.317 e. The molecule has 6 heteroatoms. The Balaban J connectivity index is 1.68. The van der Waals surface area contributed by atoms with E-state index >= 15 is 0 Å². The molecule has 0 bridgehead atoms. The zero-order valence-electron chi connectivity index (χ0n) is 14.6. The van der Waals surface area contributed by atoms with E-state index < -0.39 is 5.97 Å². The first-order chi connectivity index (χ1) is 11.6. The summed E-state index contributed by atoms with van der Waals surface area (Å²) < 4.78 is 10.9. The summed E-state index contributed by atoms with van der Waals surface area (Å²) >= 11 is 0. The van der Waals surface area contributed by atoms with Gasteiger partial charge in [0.1, 0.15) is 18.1 Å².